The van der Waals surface area contributed by atoms with E-state index < -0.39 is 5.97 Å². The van der Waals surface area contributed by atoms with Gasteiger partial charge in [0.05, 0.1) is 0 Å². The maximum atomic E-state index is 12.6. The van der Waals surface area contributed by atoms with Crippen molar-refractivity contribution in [2.24, 2.45) is 0 Å². The van der Waals surface area contributed by atoms with Crippen molar-refractivity contribution >= 4 is 17.8 Å². The Kier molecular flexibility index (Phi) is 33.2. The normalized spacial score (nSPS) is 12.6. The average Bonchev–Trinajstić information content (AvgIpc) is 3.04. The number of unbranched alkanes of at least 4 members (excludes halogenated alkanes) is 14. The van der Waals surface area contributed by atoms with Gasteiger partial charge in [0.2, 0.25) is 5.91 Å². The molecule has 0 aromatic carbocycles. The molecule has 2 N–H and O–H groups in total. The van der Waals surface area contributed by atoms with Gasteiger partial charge in [0.25, 0.3) is 0 Å². The van der Waals surface area contributed by atoms with Gasteiger partial charge in [-0.3, -0.25) is 14.4 Å². The van der Waals surface area contributed by atoms with Crippen LogP contribution in [0.1, 0.15) is 174 Å². The highest BCUT2D eigenvalue weighted by Crippen LogP contribution is 2.18. The Morgan fingerprint density at radius 1 is 0.587 bits per heavy atom. The van der Waals surface area contributed by atoms with Crippen LogP contribution in [0.25, 0.3) is 0 Å². The summed E-state index contributed by atoms with van der Waals surface area (Å²) in [6.07, 6.45) is 43.7. The molecule has 0 bridgehead atoms. The number of nitrogens with one attached hydrogen (secondary N) is 1. The van der Waals surface area contributed by atoms with Crippen LogP contribution in [0.4, 0.5) is 0 Å². The Morgan fingerprint density at radius 2 is 1.07 bits per heavy atom. The molecule has 0 aliphatic rings. The zero-order valence-corrected chi connectivity index (χ0v) is 29.7. The van der Waals surface area contributed by atoms with Crippen LogP contribution in [0, 0.1) is 0 Å². The van der Waals surface area contributed by atoms with Gasteiger partial charge in [0, 0.05) is 12.8 Å². The molecule has 1 atom stereocenters. The van der Waals surface area contributed by atoms with Crippen molar-refractivity contribution in [1.29, 1.82) is 0 Å². The Morgan fingerprint density at radius 3 is 1.63 bits per heavy atom. The molecule has 0 spiro atoms. The fourth-order valence-electron chi connectivity index (χ4n) is 5.27. The number of esters is 1. The van der Waals surface area contributed by atoms with Crippen LogP contribution < -0.4 is 5.32 Å². The third-order valence-electron chi connectivity index (χ3n) is 8.02. The SMILES string of the molecule is CC/C=C\C/C=C\C/C=C\C/C=C\CCCCCCC(=O)OC(CCCCCCCCC)CCCCCCCC(=O)NCC(=O)O. The van der Waals surface area contributed by atoms with Crippen LogP contribution in [0.15, 0.2) is 48.6 Å². The Hall–Kier alpha value is -2.63. The smallest absolute Gasteiger partial charge is 0.322 e. The molecule has 0 saturated heterocycles. The van der Waals surface area contributed by atoms with Crippen molar-refractivity contribution in [3.63, 3.8) is 0 Å². The molecule has 0 heterocycles. The van der Waals surface area contributed by atoms with Crippen molar-refractivity contribution in [2.75, 3.05) is 6.54 Å². The summed E-state index contributed by atoms with van der Waals surface area (Å²) in [4.78, 5) is 34.8. The van der Waals surface area contributed by atoms with E-state index in [0.29, 0.717) is 12.8 Å². The second kappa shape index (κ2) is 35.2. The molecule has 46 heavy (non-hydrogen) atoms. The number of allylic oxidation sites excluding steroid dienone is 8. The van der Waals surface area contributed by atoms with Gasteiger partial charge in [-0.1, -0.05) is 133 Å². The summed E-state index contributed by atoms with van der Waals surface area (Å²) < 4.78 is 5.97. The van der Waals surface area contributed by atoms with Crippen molar-refractivity contribution in [3.8, 4) is 0 Å². The number of rotatable bonds is 33. The third kappa shape index (κ3) is 34.2. The van der Waals surface area contributed by atoms with Gasteiger partial charge < -0.3 is 15.2 Å². The van der Waals surface area contributed by atoms with Gasteiger partial charge >= 0.3 is 11.9 Å². The van der Waals surface area contributed by atoms with Crippen LogP contribution >= 0.6 is 0 Å². The molecule has 0 aliphatic heterocycles. The maximum absolute atomic E-state index is 12.6. The van der Waals surface area contributed by atoms with Gasteiger partial charge in [0.15, 0.2) is 0 Å². The lowest BCUT2D eigenvalue weighted by Gasteiger charge is -2.18. The number of carboxylic acids is 1. The molecule has 0 fully saturated rings. The fourth-order valence-corrected chi connectivity index (χ4v) is 5.27. The highest BCUT2D eigenvalue weighted by Gasteiger charge is 2.14. The largest absolute Gasteiger partial charge is 0.480 e. The number of hydrogen-bond donors (Lipinski definition) is 2. The van der Waals surface area contributed by atoms with E-state index in [2.05, 4.69) is 67.8 Å². The lowest BCUT2D eigenvalue weighted by Crippen LogP contribution is -2.28. The standard InChI is InChI=1S/C40H69NO5/c1-3-5-7-9-11-12-13-14-15-16-17-18-19-20-22-27-31-35-40(45)46-37(32-28-24-21-10-8-6-4-2)33-29-25-23-26-30-34-38(42)41-36-39(43)44/h5,7,11-12,14-15,17-18,37H,3-4,6,8-10,13,16,19-36H2,1-2H3,(H,41,42)(H,43,44)/b7-5-,12-11-,15-14-,18-17-. The van der Waals surface area contributed by atoms with E-state index in [0.717, 1.165) is 109 Å². The maximum Gasteiger partial charge on any atom is 0.322 e. The number of carbonyl (C=O) groups is 3. The lowest BCUT2D eigenvalue weighted by atomic mass is 10.0. The number of carbonyl (C=O) groups excluding carboxylic acids is 2. The zero-order chi connectivity index (χ0) is 33.8. The minimum atomic E-state index is -1.02. The Balaban J connectivity index is 4.11. The minimum absolute atomic E-state index is 0.0168. The molecule has 6 heteroatoms. The summed E-state index contributed by atoms with van der Waals surface area (Å²) >= 11 is 0. The number of aliphatic carboxylic acids is 1. The molecular formula is C40H69NO5. The fraction of sp³-hybridized carbons (Fsp3) is 0.725. The lowest BCUT2D eigenvalue weighted by molar-refractivity contribution is -0.150. The number of ether oxygens (including phenoxy) is 1. The van der Waals surface area contributed by atoms with Crippen LogP contribution in [-0.2, 0) is 19.1 Å². The van der Waals surface area contributed by atoms with Crippen molar-refractivity contribution < 1.29 is 24.2 Å². The highest BCUT2D eigenvalue weighted by atomic mass is 16.5. The summed E-state index contributed by atoms with van der Waals surface area (Å²) in [5, 5.41) is 11.0. The minimum Gasteiger partial charge on any atom is -0.480 e. The topological polar surface area (TPSA) is 92.7 Å². The molecule has 0 saturated carbocycles. The Bertz CT molecular complexity index is 845. The van der Waals surface area contributed by atoms with E-state index in [-0.39, 0.29) is 24.5 Å². The molecular weight excluding hydrogens is 574 g/mol. The number of amides is 1. The second-order valence-corrected chi connectivity index (χ2v) is 12.5. The summed E-state index contributed by atoms with van der Waals surface area (Å²) in [7, 11) is 0. The van der Waals surface area contributed by atoms with Gasteiger partial charge in [-0.15, -0.1) is 0 Å². The molecule has 1 unspecified atom stereocenters. The molecule has 0 aromatic heterocycles. The van der Waals surface area contributed by atoms with Gasteiger partial charge in [0.1, 0.15) is 12.6 Å². The van der Waals surface area contributed by atoms with Gasteiger partial charge in [-0.25, -0.2) is 0 Å². The van der Waals surface area contributed by atoms with Crippen molar-refractivity contribution in [2.45, 2.75) is 180 Å². The first-order valence-corrected chi connectivity index (χ1v) is 18.8. The molecule has 0 aromatic rings. The summed E-state index contributed by atoms with van der Waals surface area (Å²) in [6, 6.07) is 0. The van der Waals surface area contributed by atoms with Crippen LogP contribution in [-0.4, -0.2) is 35.6 Å². The Labute approximate surface area is 282 Å². The van der Waals surface area contributed by atoms with E-state index in [9.17, 15) is 14.4 Å². The second-order valence-electron chi connectivity index (χ2n) is 12.5. The predicted molar refractivity (Wildman–Crippen MR) is 194 cm³/mol. The highest BCUT2D eigenvalue weighted by molar-refractivity contribution is 5.80. The first kappa shape index (κ1) is 43.4. The first-order valence-electron chi connectivity index (χ1n) is 18.8. The predicted octanol–water partition coefficient (Wildman–Crippen LogP) is 11.1. The number of carboxylic acid groups (broad SMARTS) is 1. The van der Waals surface area contributed by atoms with E-state index in [1.807, 2.05) is 0 Å². The quantitative estimate of drug-likeness (QED) is 0.0422. The molecule has 0 radical (unpaired) electrons. The molecule has 264 valence electrons. The molecule has 1 amide bonds. The molecule has 6 nitrogen and oxygen atoms in total. The van der Waals surface area contributed by atoms with Gasteiger partial charge in [-0.2, -0.15) is 0 Å². The first-order chi connectivity index (χ1) is 22.5. The zero-order valence-electron chi connectivity index (χ0n) is 29.7. The monoisotopic (exact) mass is 644 g/mol. The van der Waals surface area contributed by atoms with Crippen LogP contribution in [0.5, 0.6) is 0 Å². The van der Waals surface area contributed by atoms with Crippen molar-refractivity contribution in [3.05, 3.63) is 48.6 Å². The average molecular weight is 644 g/mol. The van der Waals surface area contributed by atoms with Crippen LogP contribution in [0.3, 0.4) is 0 Å². The van der Waals surface area contributed by atoms with E-state index in [1.165, 1.54) is 38.5 Å². The molecule has 0 aliphatic carbocycles. The van der Waals surface area contributed by atoms with E-state index in [4.69, 9.17) is 9.84 Å². The summed E-state index contributed by atoms with van der Waals surface area (Å²) in [5.41, 5.74) is 0. The third-order valence-corrected chi connectivity index (χ3v) is 8.02. The van der Waals surface area contributed by atoms with Crippen molar-refractivity contribution in [1.82, 2.24) is 5.32 Å². The molecule has 0 rings (SSSR count). The van der Waals surface area contributed by atoms with Crippen LogP contribution in [0.2, 0.25) is 0 Å². The van der Waals surface area contributed by atoms with Gasteiger partial charge in [-0.05, 0) is 77.0 Å². The summed E-state index contributed by atoms with van der Waals surface area (Å²) in [6.45, 7) is 4.08. The number of hydrogen-bond acceptors (Lipinski definition) is 4. The van der Waals surface area contributed by atoms with E-state index in [1.54, 1.807) is 0 Å². The summed E-state index contributed by atoms with van der Waals surface area (Å²) in [5.74, 6) is -1.26. The van der Waals surface area contributed by atoms with E-state index >= 15 is 0 Å².